The average Bonchev–Trinajstić information content (AvgIpc) is 3.31. The van der Waals surface area contributed by atoms with Gasteiger partial charge in [-0.1, -0.05) is 47.7 Å². The molecule has 5 rings (SSSR count). The van der Waals surface area contributed by atoms with Crippen molar-refractivity contribution in [2.45, 2.75) is 27.2 Å². The van der Waals surface area contributed by atoms with E-state index in [1.807, 2.05) is 25.1 Å². The summed E-state index contributed by atoms with van der Waals surface area (Å²) in [5.74, 6) is 1.38. The molecule has 3 aromatic heterocycles. The van der Waals surface area contributed by atoms with Crippen molar-refractivity contribution < 1.29 is 4.42 Å². The van der Waals surface area contributed by atoms with E-state index in [4.69, 9.17) is 9.52 Å². The van der Waals surface area contributed by atoms with Gasteiger partial charge in [-0.05, 0) is 43.5 Å². The van der Waals surface area contributed by atoms with E-state index in [0.29, 0.717) is 5.82 Å². The molecule has 0 fully saturated rings. The smallest absolute Gasteiger partial charge is 0.235 e. The zero-order valence-corrected chi connectivity index (χ0v) is 16.2. The molecule has 0 saturated heterocycles. The lowest BCUT2D eigenvalue weighted by Crippen LogP contribution is -1.94. The van der Waals surface area contributed by atoms with Crippen molar-refractivity contribution in [2.24, 2.45) is 0 Å². The summed E-state index contributed by atoms with van der Waals surface area (Å²) < 4.78 is 7.85. The van der Waals surface area contributed by atoms with Crippen LogP contribution in [0.5, 0.6) is 0 Å². The molecule has 0 amide bonds. The summed E-state index contributed by atoms with van der Waals surface area (Å²) in [7, 11) is 0. The van der Waals surface area contributed by atoms with Crippen molar-refractivity contribution in [2.75, 3.05) is 0 Å². The highest BCUT2D eigenvalue weighted by Gasteiger charge is 2.20. The second kappa shape index (κ2) is 6.03. The van der Waals surface area contributed by atoms with E-state index in [1.54, 1.807) is 15.9 Å². The van der Waals surface area contributed by atoms with Crippen LogP contribution in [0.15, 0.2) is 46.9 Å². The summed E-state index contributed by atoms with van der Waals surface area (Å²) in [6, 6.07) is 14.6. The van der Waals surface area contributed by atoms with Gasteiger partial charge in [0.05, 0.1) is 0 Å². The summed E-state index contributed by atoms with van der Waals surface area (Å²) in [6.45, 7) is 6.31. The van der Waals surface area contributed by atoms with Crippen LogP contribution in [0.3, 0.4) is 0 Å². The first kappa shape index (κ1) is 16.2. The third-order valence-electron chi connectivity index (χ3n) is 5.01. The van der Waals surface area contributed by atoms with Crippen LogP contribution in [-0.2, 0) is 6.42 Å². The van der Waals surface area contributed by atoms with E-state index in [-0.39, 0.29) is 0 Å². The monoisotopic (exact) mass is 374 g/mol. The van der Waals surface area contributed by atoms with Gasteiger partial charge in [0.1, 0.15) is 10.6 Å². The molecule has 0 aliphatic carbocycles. The van der Waals surface area contributed by atoms with Gasteiger partial charge >= 0.3 is 0 Å². The summed E-state index contributed by atoms with van der Waals surface area (Å²) in [5, 5.41) is 15.5. The molecule has 0 bridgehead atoms. The van der Waals surface area contributed by atoms with Crippen molar-refractivity contribution in [3.8, 4) is 11.6 Å². The summed E-state index contributed by atoms with van der Waals surface area (Å²) in [6.07, 6.45) is 0.785. The Morgan fingerprint density at radius 2 is 1.85 bits per heavy atom. The van der Waals surface area contributed by atoms with Gasteiger partial charge in [-0.2, -0.15) is 9.61 Å². The molecule has 0 unspecified atom stereocenters. The van der Waals surface area contributed by atoms with Gasteiger partial charge in [-0.15, -0.1) is 10.2 Å². The van der Waals surface area contributed by atoms with E-state index in [9.17, 15) is 0 Å². The Kier molecular flexibility index (Phi) is 3.62. The largest absolute Gasteiger partial charge is 0.452 e. The molecule has 0 N–H and O–H groups in total. The number of furan rings is 1. The van der Waals surface area contributed by atoms with Crippen LogP contribution in [0.25, 0.3) is 27.5 Å². The molecule has 0 spiro atoms. The molecule has 5 nitrogen and oxygen atoms in total. The lowest BCUT2D eigenvalue weighted by molar-refractivity contribution is 0.619. The highest BCUT2D eigenvalue weighted by molar-refractivity contribution is 7.16. The van der Waals surface area contributed by atoms with Gasteiger partial charge in [0.2, 0.25) is 10.8 Å². The summed E-state index contributed by atoms with van der Waals surface area (Å²) >= 11 is 1.57. The number of benzene rings is 2. The first-order valence-electron chi connectivity index (χ1n) is 8.86. The third-order valence-corrected chi connectivity index (χ3v) is 5.90. The Bertz CT molecular complexity index is 1290. The minimum Gasteiger partial charge on any atom is -0.452 e. The maximum Gasteiger partial charge on any atom is 0.235 e. The van der Waals surface area contributed by atoms with E-state index >= 15 is 0 Å². The van der Waals surface area contributed by atoms with Gasteiger partial charge in [0.15, 0.2) is 5.76 Å². The normalized spacial score (nSPS) is 11.7. The van der Waals surface area contributed by atoms with Crippen molar-refractivity contribution in [3.63, 3.8) is 0 Å². The van der Waals surface area contributed by atoms with E-state index in [1.165, 1.54) is 16.7 Å². The van der Waals surface area contributed by atoms with E-state index in [2.05, 4.69) is 48.3 Å². The maximum atomic E-state index is 6.05. The van der Waals surface area contributed by atoms with Crippen molar-refractivity contribution in [1.82, 2.24) is 19.8 Å². The summed E-state index contributed by atoms with van der Waals surface area (Å²) in [4.78, 5) is 0.781. The fourth-order valence-corrected chi connectivity index (χ4v) is 4.21. The molecular formula is C21H18N4OS. The Morgan fingerprint density at radius 3 is 2.67 bits per heavy atom. The number of rotatable bonds is 3. The second-order valence-corrected chi connectivity index (χ2v) is 7.90. The van der Waals surface area contributed by atoms with E-state index < -0.39 is 0 Å². The molecule has 6 heteroatoms. The molecule has 0 saturated carbocycles. The van der Waals surface area contributed by atoms with E-state index in [0.717, 1.165) is 38.7 Å². The van der Waals surface area contributed by atoms with Crippen molar-refractivity contribution >= 4 is 27.3 Å². The molecule has 134 valence electrons. The molecular weight excluding hydrogens is 356 g/mol. The summed E-state index contributed by atoms with van der Waals surface area (Å²) in [5.41, 5.74) is 5.77. The van der Waals surface area contributed by atoms with Crippen molar-refractivity contribution in [3.05, 3.63) is 69.7 Å². The number of hydrogen-bond donors (Lipinski definition) is 0. The number of nitrogens with zero attached hydrogens (tertiary/aromatic N) is 4. The molecule has 0 aliphatic rings. The molecule has 5 aromatic rings. The van der Waals surface area contributed by atoms with Gasteiger partial charge in [-0.25, -0.2) is 0 Å². The first-order chi connectivity index (χ1) is 13.1. The number of aromatic nitrogens is 4. The Balaban J connectivity index is 1.56. The Morgan fingerprint density at radius 1 is 1.00 bits per heavy atom. The van der Waals surface area contributed by atoms with Gasteiger partial charge in [-0.3, -0.25) is 0 Å². The Hall–Kier alpha value is -2.99. The lowest BCUT2D eigenvalue weighted by atomic mass is 10.0. The van der Waals surface area contributed by atoms with Crippen LogP contribution in [0.1, 0.15) is 27.3 Å². The molecule has 0 radical (unpaired) electrons. The minimum absolute atomic E-state index is 0.654. The molecule has 0 atom stereocenters. The van der Waals surface area contributed by atoms with Crippen LogP contribution >= 0.6 is 11.3 Å². The van der Waals surface area contributed by atoms with Crippen LogP contribution < -0.4 is 0 Å². The predicted octanol–water partition coefficient (Wildman–Crippen LogP) is 5.12. The fraction of sp³-hybridized carbons (Fsp3) is 0.190. The van der Waals surface area contributed by atoms with Gasteiger partial charge in [0.25, 0.3) is 0 Å². The second-order valence-electron chi connectivity index (χ2n) is 6.86. The number of fused-ring (bicyclic) bond motifs is 2. The standard InChI is InChI=1S/C21H18N4OS/c1-12-8-9-15(10-13(12)2)11-18-24-25-20(22-23-21(25)27-18)19-14(3)16-6-4-5-7-17(16)26-19/h4-10H,11H2,1-3H3. The molecule has 3 heterocycles. The number of hydrogen-bond acceptors (Lipinski definition) is 5. The first-order valence-corrected chi connectivity index (χ1v) is 9.67. The Labute approximate surface area is 160 Å². The quantitative estimate of drug-likeness (QED) is 0.440. The fourth-order valence-electron chi connectivity index (χ4n) is 3.35. The number of para-hydroxylation sites is 1. The molecule has 0 aliphatic heterocycles. The maximum absolute atomic E-state index is 6.05. The van der Waals surface area contributed by atoms with Crippen LogP contribution in [0.2, 0.25) is 0 Å². The molecule has 2 aromatic carbocycles. The van der Waals surface area contributed by atoms with Crippen LogP contribution in [0, 0.1) is 20.8 Å². The highest BCUT2D eigenvalue weighted by atomic mass is 32.1. The van der Waals surface area contributed by atoms with Gasteiger partial charge < -0.3 is 4.42 Å². The number of aryl methyl sites for hydroxylation is 3. The lowest BCUT2D eigenvalue weighted by Gasteiger charge is -2.03. The SMILES string of the molecule is Cc1ccc(Cc2nn3c(-c4oc5ccccc5c4C)nnc3s2)cc1C. The average molecular weight is 374 g/mol. The predicted molar refractivity (Wildman–Crippen MR) is 107 cm³/mol. The minimum atomic E-state index is 0.654. The third kappa shape index (κ3) is 2.64. The molecule has 27 heavy (non-hydrogen) atoms. The zero-order valence-electron chi connectivity index (χ0n) is 15.4. The zero-order chi connectivity index (χ0) is 18.5. The van der Waals surface area contributed by atoms with Crippen LogP contribution in [0.4, 0.5) is 0 Å². The van der Waals surface area contributed by atoms with Crippen molar-refractivity contribution in [1.29, 1.82) is 0 Å². The highest BCUT2D eigenvalue weighted by Crippen LogP contribution is 2.32. The van der Waals surface area contributed by atoms with Gasteiger partial charge in [0, 0.05) is 17.4 Å². The topological polar surface area (TPSA) is 56.2 Å². The van der Waals surface area contributed by atoms with Crippen LogP contribution in [-0.4, -0.2) is 19.8 Å².